The first-order chi connectivity index (χ1) is 5.84. The van der Waals surface area contributed by atoms with Crippen LogP contribution in [0, 0.1) is 6.92 Å². The molecule has 12 heavy (non-hydrogen) atoms. The van der Waals surface area contributed by atoms with Gasteiger partial charge in [0.05, 0.1) is 11.4 Å². The molecule has 0 saturated heterocycles. The Bertz CT molecular complexity index is 223. The summed E-state index contributed by atoms with van der Waals surface area (Å²) >= 11 is 1.85. The van der Waals surface area contributed by atoms with Gasteiger partial charge in [-0.05, 0) is 25.6 Å². The van der Waals surface area contributed by atoms with Crippen LogP contribution in [0.3, 0.4) is 0 Å². The lowest BCUT2D eigenvalue weighted by Gasteiger charge is -1.96. The van der Waals surface area contributed by atoms with E-state index in [2.05, 4.69) is 15.4 Å². The minimum atomic E-state index is 0.769. The summed E-state index contributed by atoms with van der Waals surface area (Å²) in [5.41, 5.74) is 7.42. The van der Waals surface area contributed by atoms with E-state index in [1.165, 1.54) is 0 Å². The Morgan fingerprint density at radius 2 is 2.33 bits per heavy atom. The molecule has 0 amide bonds. The molecule has 0 saturated carbocycles. The number of aromatic nitrogens is 3. The van der Waals surface area contributed by atoms with E-state index < -0.39 is 0 Å². The van der Waals surface area contributed by atoms with Gasteiger partial charge in [-0.15, -0.1) is 0 Å². The normalized spacial score (nSPS) is 10.5. The van der Waals surface area contributed by atoms with E-state index in [9.17, 15) is 0 Å². The van der Waals surface area contributed by atoms with Gasteiger partial charge in [0, 0.05) is 5.75 Å². The zero-order valence-corrected chi connectivity index (χ0v) is 8.02. The van der Waals surface area contributed by atoms with E-state index in [-0.39, 0.29) is 0 Å². The Labute approximate surface area is 76.3 Å². The highest BCUT2D eigenvalue weighted by molar-refractivity contribution is 7.98. The first kappa shape index (κ1) is 9.54. The van der Waals surface area contributed by atoms with Gasteiger partial charge in [0.15, 0.2) is 0 Å². The zero-order chi connectivity index (χ0) is 8.81. The molecule has 68 valence electrons. The molecule has 0 unspecified atom stereocenters. The fraction of sp³-hybridized carbons (Fsp3) is 0.714. The highest BCUT2D eigenvalue weighted by atomic mass is 32.2. The molecule has 0 radical (unpaired) electrons. The summed E-state index contributed by atoms with van der Waals surface area (Å²) in [7, 11) is 0. The molecule has 0 bridgehead atoms. The minimum Gasteiger partial charge on any atom is -0.330 e. The van der Waals surface area contributed by atoms with E-state index in [0.717, 1.165) is 35.9 Å². The van der Waals surface area contributed by atoms with Crippen molar-refractivity contribution >= 4 is 11.8 Å². The van der Waals surface area contributed by atoms with Gasteiger partial charge >= 0.3 is 0 Å². The van der Waals surface area contributed by atoms with Crippen molar-refractivity contribution in [2.75, 3.05) is 12.3 Å². The molecule has 0 fully saturated rings. The van der Waals surface area contributed by atoms with E-state index >= 15 is 0 Å². The monoisotopic (exact) mass is 186 g/mol. The molecule has 1 heterocycles. The second-order valence-corrected chi connectivity index (χ2v) is 3.66. The smallest absolute Gasteiger partial charge is 0.0952 e. The van der Waals surface area contributed by atoms with Crippen LogP contribution < -0.4 is 5.73 Å². The van der Waals surface area contributed by atoms with Crippen molar-refractivity contribution in [3.63, 3.8) is 0 Å². The SMILES string of the molecule is Cc1n[nH]nc1CSCCCN. The van der Waals surface area contributed by atoms with Crippen molar-refractivity contribution in [1.82, 2.24) is 15.4 Å². The lowest BCUT2D eigenvalue weighted by molar-refractivity contribution is 0.918. The van der Waals surface area contributed by atoms with Crippen molar-refractivity contribution < 1.29 is 0 Å². The Morgan fingerprint density at radius 1 is 1.50 bits per heavy atom. The third kappa shape index (κ3) is 2.83. The van der Waals surface area contributed by atoms with Crippen LogP contribution >= 0.6 is 11.8 Å². The Kier molecular flexibility index (Phi) is 4.10. The number of rotatable bonds is 5. The number of hydrogen-bond acceptors (Lipinski definition) is 4. The molecule has 0 aliphatic carbocycles. The van der Waals surface area contributed by atoms with Crippen molar-refractivity contribution in [2.24, 2.45) is 5.73 Å². The molecule has 0 aliphatic rings. The third-order valence-corrected chi connectivity index (χ3v) is 2.61. The standard InChI is InChI=1S/C7H14N4S/c1-6-7(10-11-9-6)5-12-4-2-3-8/h2-5,8H2,1H3,(H,9,10,11). The fourth-order valence-corrected chi connectivity index (χ4v) is 1.78. The molecule has 0 spiro atoms. The molecular weight excluding hydrogens is 172 g/mol. The summed E-state index contributed by atoms with van der Waals surface area (Å²) < 4.78 is 0. The molecule has 1 aromatic heterocycles. The number of nitrogens with zero attached hydrogens (tertiary/aromatic N) is 2. The van der Waals surface area contributed by atoms with Gasteiger partial charge < -0.3 is 5.73 Å². The van der Waals surface area contributed by atoms with Crippen LogP contribution in [0.4, 0.5) is 0 Å². The molecule has 0 aliphatic heterocycles. The number of aryl methyl sites for hydroxylation is 1. The van der Waals surface area contributed by atoms with Crippen molar-refractivity contribution in [1.29, 1.82) is 0 Å². The molecule has 1 aromatic rings. The summed E-state index contributed by atoms with van der Waals surface area (Å²) in [6.45, 7) is 2.73. The van der Waals surface area contributed by atoms with Crippen LogP contribution in [-0.2, 0) is 5.75 Å². The molecule has 0 atom stereocenters. The minimum absolute atomic E-state index is 0.769. The molecule has 5 heteroatoms. The van der Waals surface area contributed by atoms with E-state index in [0.29, 0.717) is 0 Å². The Hall–Kier alpha value is -0.550. The first-order valence-electron chi connectivity index (χ1n) is 3.98. The summed E-state index contributed by atoms with van der Waals surface area (Å²) in [6, 6.07) is 0. The van der Waals surface area contributed by atoms with Gasteiger partial charge in [0.1, 0.15) is 0 Å². The zero-order valence-electron chi connectivity index (χ0n) is 7.21. The van der Waals surface area contributed by atoms with Crippen LogP contribution in [0.25, 0.3) is 0 Å². The molecule has 4 nitrogen and oxygen atoms in total. The van der Waals surface area contributed by atoms with Crippen LogP contribution in [0.5, 0.6) is 0 Å². The number of thioether (sulfide) groups is 1. The highest BCUT2D eigenvalue weighted by Crippen LogP contribution is 2.11. The van der Waals surface area contributed by atoms with Crippen molar-refractivity contribution in [2.45, 2.75) is 19.1 Å². The largest absolute Gasteiger partial charge is 0.330 e. The van der Waals surface area contributed by atoms with Crippen molar-refractivity contribution in [3.05, 3.63) is 11.4 Å². The highest BCUT2D eigenvalue weighted by Gasteiger charge is 2.01. The number of nitrogens with two attached hydrogens (primary N) is 1. The second-order valence-electron chi connectivity index (χ2n) is 2.55. The predicted molar refractivity (Wildman–Crippen MR) is 51.0 cm³/mol. The van der Waals surface area contributed by atoms with Gasteiger partial charge in [-0.25, -0.2) is 0 Å². The number of aromatic amines is 1. The van der Waals surface area contributed by atoms with E-state index in [1.54, 1.807) is 0 Å². The average Bonchev–Trinajstić information content (AvgIpc) is 2.46. The number of nitrogens with one attached hydrogen (secondary N) is 1. The van der Waals surface area contributed by atoms with Gasteiger partial charge in [-0.2, -0.15) is 27.2 Å². The summed E-state index contributed by atoms with van der Waals surface area (Å²) in [6.07, 6.45) is 1.07. The molecule has 0 aromatic carbocycles. The average molecular weight is 186 g/mol. The van der Waals surface area contributed by atoms with Crippen LogP contribution in [-0.4, -0.2) is 27.7 Å². The quantitative estimate of drug-likeness (QED) is 0.664. The van der Waals surface area contributed by atoms with Crippen molar-refractivity contribution in [3.8, 4) is 0 Å². The van der Waals surface area contributed by atoms with Gasteiger partial charge in [-0.3, -0.25) is 0 Å². The fourth-order valence-electron chi connectivity index (χ4n) is 0.797. The van der Waals surface area contributed by atoms with Gasteiger partial charge in [-0.1, -0.05) is 0 Å². The first-order valence-corrected chi connectivity index (χ1v) is 5.14. The maximum absolute atomic E-state index is 5.37. The lowest BCUT2D eigenvalue weighted by Crippen LogP contribution is -1.99. The summed E-state index contributed by atoms with van der Waals surface area (Å²) in [5, 5.41) is 10.6. The molecular formula is C7H14N4S. The Morgan fingerprint density at radius 3 is 2.92 bits per heavy atom. The maximum atomic E-state index is 5.37. The van der Waals surface area contributed by atoms with Crippen LogP contribution in [0.2, 0.25) is 0 Å². The van der Waals surface area contributed by atoms with Crippen LogP contribution in [0.1, 0.15) is 17.8 Å². The van der Waals surface area contributed by atoms with E-state index in [4.69, 9.17) is 5.73 Å². The second kappa shape index (κ2) is 5.16. The maximum Gasteiger partial charge on any atom is 0.0952 e. The predicted octanol–water partition coefficient (Wildman–Crippen LogP) is 0.695. The van der Waals surface area contributed by atoms with E-state index in [1.807, 2.05) is 18.7 Å². The summed E-state index contributed by atoms with van der Waals surface area (Å²) in [4.78, 5) is 0. The summed E-state index contributed by atoms with van der Waals surface area (Å²) in [5.74, 6) is 2.03. The van der Waals surface area contributed by atoms with Gasteiger partial charge in [0.25, 0.3) is 0 Å². The third-order valence-electron chi connectivity index (χ3n) is 1.55. The number of H-pyrrole nitrogens is 1. The topological polar surface area (TPSA) is 67.6 Å². The lowest BCUT2D eigenvalue weighted by atomic mass is 10.4. The molecule has 1 rings (SSSR count). The Balaban J connectivity index is 2.20. The van der Waals surface area contributed by atoms with Crippen LogP contribution in [0.15, 0.2) is 0 Å². The molecule has 3 N–H and O–H groups in total. The van der Waals surface area contributed by atoms with Gasteiger partial charge in [0.2, 0.25) is 0 Å². The number of hydrogen-bond donors (Lipinski definition) is 2.